The predicted octanol–water partition coefficient (Wildman–Crippen LogP) is 4.04. The lowest BCUT2D eigenvalue weighted by Gasteiger charge is -2.27. The fourth-order valence-corrected chi connectivity index (χ4v) is 4.29. The molecule has 0 spiro atoms. The van der Waals surface area contributed by atoms with Gasteiger partial charge in [0.2, 0.25) is 0 Å². The van der Waals surface area contributed by atoms with Gasteiger partial charge < -0.3 is 14.2 Å². The molecule has 7 heteroatoms. The van der Waals surface area contributed by atoms with E-state index in [9.17, 15) is 14.9 Å². The van der Waals surface area contributed by atoms with Gasteiger partial charge in [0.1, 0.15) is 17.4 Å². The predicted molar refractivity (Wildman–Crippen MR) is 123 cm³/mol. The summed E-state index contributed by atoms with van der Waals surface area (Å²) in [6.45, 7) is 2.42. The summed E-state index contributed by atoms with van der Waals surface area (Å²) < 4.78 is 17.7. The van der Waals surface area contributed by atoms with Crippen LogP contribution in [0.4, 0.5) is 0 Å². The molecule has 1 atom stereocenters. The molecule has 168 valence electrons. The Balaban J connectivity index is 1.84. The summed E-state index contributed by atoms with van der Waals surface area (Å²) in [6.07, 6.45) is 0.736. The second kappa shape index (κ2) is 9.21. The van der Waals surface area contributed by atoms with E-state index in [1.165, 1.54) is 10.6 Å². The maximum atomic E-state index is 13.2. The van der Waals surface area contributed by atoms with Crippen molar-refractivity contribution in [2.24, 2.45) is 0 Å². The third-order valence-corrected chi connectivity index (χ3v) is 5.88. The van der Waals surface area contributed by atoms with Gasteiger partial charge in [-0.15, -0.1) is 0 Å². The summed E-state index contributed by atoms with van der Waals surface area (Å²) in [5.74, 6) is 1.61. The smallest absolute Gasteiger partial charge is 0.273 e. The number of rotatable bonds is 6. The Hall–Kier alpha value is -4.05. The van der Waals surface area contributed by atoms with Crippen molar-refractivity contribution in [2.75, 3.05) is 20.8 Å². The monoisotopic (exact) mass is 444 g/mol. The molecule has 0 saturated heterocycles. The van der Waals surface area contributed by atoms with Crippen LogP contribution in [0.2, 0.25) is 0 Å². The van der Waals surface area contributed by atoms with Crippen molar-refractivity contribution in [3.8, 4) is 29.0 Å². The summed E-state index contributed by atoms with van der Waals surface area (Å²) >= 11 is 0. The maximum Gasteiger partial charge on any atom is 0.273 e. The largest absolute Gasteiger partial charge is 0.494 e. The number of nitrogens with zero attached hydrogens (tertiary/aromatic N) is 2. The number of benzene rings is 2. The SMILES string of the molecule is CCOc1ccc(-n2c3c(cc(C#N)c2=O)C(=O)CC(c2ccc(OC)c(OC)c2)C3)cc1. The minimum Gasteiger partial charge on any atom is -0.494 e. The van der Waals surface area contributed by atoms with Crippen LogP contribution in [0.25, 0.3) is 5.69 Å². The minimum atomic E-state index is -0.443. The van der Waals surface area contributed by atoms with Crippen LogP contribution in [-0.4, -0.2) is 31.2 Å². The molecule has 7 nitrogen and oxygen atoms in total. The first-order valence-corrected chi connectivity index (χ1v) is 10.7. The van der Waals surface area contributed by atoms with Crippen LogP contribution >= 0.6 is 0 Å². The van der Waals surface area contributed by atoms with Crippen LogP contribution in [0.3, 0.4) is 0 Å². The van der Waals surface area contributed by atoms with E-state index in [4.69, 9.17) is 14.2 Å². The van der Waals surface area contributed by atoms with E-state index in [2.05, 4.69) is 0 Å². The van der Waals surface area contributed by atoms with Gasteiger partial charge >= 0.3 is 0 Å². The van der Waals surface area contributed by atoms with Crippen molar-refractivity contribution in [3.05, 3.63) is 81.3 Å². The number of carbonyl (C=O) groups excluding carboxylic acids is 1. The number of fused-ring (bicyclic) bond motifs is 1. The quantitative estimate of drug-likeness (QED) is 0.570. The molecular weight excluding hydrogens is 420 g/mol. The highest BCUT2D eigenvalue weighted by Crippen LogP contribution is 2.37. The van der Waals surface area contributed by atoms with E-state index in [0.717, 1.165) is 5.56 Å². The second-order valence-corrected chi connectivity index (χ2v) is 7.74. The summed E-state index contributed by atoms with van der Waals surface area (Å²) in [7, 11) is 3.14. The number of pyridine rings is 1. The molecule has 0 amide bonds. The molecule has 1 aromatic heterocycles. The standard InChI is InChI=1S/C26H24N2O5/c1-4-33-20-8-6-19(7-9-20)28-22-12-17(16-5-10-24(31-2)25(14-16)32-3)13-23(29)21(22)11-18(15-27)26(28)30/h5-11,14,17H,4,12-13H2,1-3H3. The van der Waals surface area contributed by atoms with Crippen LogP contribution in [0.1, 0.15) is 46.4 Å². The lowest BCUT2D eigenvalue weighted by Crippen LogP contribution is -2.31. The molecule has 1 heterocycles. The molecule has 1 unspecified atom stereocenters. The first kappa shape index (κ1) is 22.2. The lowest BCUT2D eigenvalue weighted by atomic mass is 9.81. The molecule has 3 aromatic rings. The van der Waals surface area contributed by atoms with Gasteiger partial charge in [-0.25, -0.2) is 0 Å². The normalized spacial score (nSPS) is 14.8. The van der Waals surface area contributed by atoms with Crippen molar-refractivity contribution in [1.82, 2.24) is 4.57 Å². The molecule has 4 rings (SSSR count). The summed E-state index contributed by atoms with van der Waals surface area (Å²) in [4.78, 5) is 26.3. The van der Waals surface area contributed by atoms with Gasteiger partial charge in [-0.3, -0.25) is 14.2 Å². The zero-order valence-corrected chi connectivity index (χ0v) is 18.8. The Bertz CT molecular complexity index is 1300. The molecule has 0 aliphatic heterocycles. The van der Waals surface area contributed by atoms with Gasteiger partial charge in [0, 0.05) is 23.4 Å². The van der Waals surface area contributed by atoms with Crippen molar-refractivity contribution >= 4 is 5.78 Å². The summed E-state index contributed by atoms with van der Waals surface area (Å²) in [5.41, 5.74) is 2.01. The molecule has 33 heavy (non-hydrogen) atoms. The third kappa shape index (κ3) is 4.08. The molecule has 1 aliphatic rings. The highest BCUT2D eigenvalue weighted by Gasteiger charge is 2.31. The van der Waals surface area contributed by atoms with Crippen molar-refractivity contribution in [2.45, 2.75) is 25.7 Å². The number of carbonyl (C=O) groups is 1. The summed E-state index contributed by atoms with van der Waals surface area (Å²) in [6, 6.07) is 16.0. The molecule has 0 N–H and O–H groups in total. The van der Waals surface area contributed by atoms with Crippen LogP contribution < -0.4 is 19.8 Å². The molecule has 0 bridgehead atoms. The van der Waals surface area contributed by atoms with Crippen LogP contribution in [0.5, 0.6) is 17.2 Å². The topological polar surface area (TPSA) is 90.6 Å². The van der Waals surface area contributed by atoms with Gasteiger partial charge in [0.25, 0.3) is 5.56 Å². The van der Waals surface area contributed by atoms with Crippen molar-refractivity contribution < 1.29 is 19.0 Å². The third-order valence-electron chi connectivity index (χ3n) is 5.88. The van der Waals surface area contributed by atoms with E-state index in [1.807, 2.05) is 31.2 Å². The Kier molecular flexibility index (Phi) is 6.18. The van der Waals surface area contributed by atoms with Crippen LogP contribution in [-0.2, 0) is 6.42 Å². The van der Waals surface area contributed by atoms with E-state index in [0.29, 0.717) is 47.2 Å². The Morgan fingerprint density at radius 2 is 1.73 bits per heavy atom. The molecule has 2 aromatic carbocycles. The van der Waals surface area contributed by atoms with Gasteiger partial charge in [-0.05, 0) is 67.3 Å². The molecular formula is C26H24N2O5. The first-order valence-electron chi connectivity index (χ1n) is 10.7. The number of ketones is 1. The zero-order valence-electron chi connectivity index (χ0n) is 18.8. The molecule has 0 saturated carbocycles. The van der Waals surface area contributed by atoms with Crippen molar-refractivity contribution in [1.29, 1.82) is 5.26 Å². The fraction of sp³-hybridized carbons (Fsp3) is 0.269. The zero-order chi connectivity index (χ0) is 23.5. The molecule has 0 fully saturated rings. The Morgan fingerprint density at radius 1 is 1.00 bits per heavy atom. The second-order valence-electron chi connectivity index (χ2n) is 7.74. The fourth-order valence-electron chi connectivity index (χ4n) is 4.29. The number of Topliss-reactive ketones (excluding diaryl/α,β-unsaturated/α-hetero) is 1. The van der Waals surface area contributed by atoms with Gasteiger partial charge in [0.15, 0.2) is 17.3 Å². The Morgan fingerprint density at radius 3 is 2.36 bits per heavy atom. The number of aromatic nitrogens is 1. The highest BCUT2D eigenvalue weighted by molar-refractivity contribution is 5.99. The van der Waals surface area contributed by atoms with Crippen LogP contribution in [0, 0.1) is 11.3 Å². The number of nitriles is 1. The van der Waals surface area contributed by atoms with E-state index in [-0.39, 0.29) is 23.7 Å². The molecule has 0 radical (unpaired) electrons. The van der Waals surface area contributed by atoms with Gasteiger partial charge in [-0.2, -0.15) is 5.26 Å². The van der Waals surface area contributed by atoms with Gasteiger partial charge in [-0.1, -0.05) is 6.07 Å². The molecule has 1 aliphatic carbocycles. The van der Waals surface area contributed by atoms with E-state index in [1.54, 1.807) is 38.5 Å². The number of hydrogen-bond donors (Lipinski definition) is 0. The Labute approximate surface area is 191 Å². The number of ether oxygens (including phenoxy) is 3. The summed E-state index contributed by atoms with van der Waals surface area (Å²) in [5, 5.41) is 9.51. The first-order chi connectivity index (χ1) is 16.0. The number of hydrogen-bond acceptors (Lipinski definition) is 6. The van der Waals surface area contributed by atoms with Crippen LogP contribution in [0.15, 0.2) is 53.3 Å². The van der Waals surface area contributed by atoms with E-state index >= 15 is 0 Å². The highest BCUT2D eigenvalue weighted by atomic mass is 16.5. The average Bonchev–Trinajstić information content (AvgIpc) is 2.84. The minimum absolute atomic E-state index is 0.0550. The lowest BCUT2D eigenvalue weighted by molar-refractivity contribution is 0.0962. The van der Waals surface area contributed by atoms with Gasteiger partial charge in [0.05, 0.1) is 20.8 Å². The van der Waals surface area contributed by atoms with Crippen molar-refractivity contribution in [3.63, 3.8) is 0 Å². The average molecular weight is 444 g/mol. The van der Waals surface area contributed by atoms with E-state index < -0.39 is 5.56 Å². The number of methoxy groups -OCH3 is 2. The maximum absolute atomic E-state index is 13.2.